The summed E-state index contributed by atoms with van der Waals surface area (Å²) in [6.07, 6.45) is 0. The van der Waals surface area contributed by atoms with Crippen LogP contribution in [-0.2, 0) is 0 Å². The Kier molecular flexibility index (Phi) is 4.61. The average Bonchev–Trinajstić information content (AvgIpc) is 3.02. The van der Waals surface area contributed by atoms with Gasteiger partial charge in [-0.25, -0.2) is 0 Å². The Morgan fingerprint density at radius 2 is 1.42 bits per heavy atom. The topological polar surface area (TPSA) is 31.6 Å². The Morgan fingerprint density at radius 3 is 2.00 bits per heavy atom. The van der Waals surface area contributed by atoms with E-state index >= 15 is 0 Å². The van der Waals surface area contributed by atoms with Gasteiger partial charge >= 0.3 is 0 Å². The SMILES string of the molecule is COc1ccc(C(c2ccc(C)cc2)c2ccc(C)o2)cc1OC. The van der Waals surface area contributed by atoms with Gasteiger partial charge in [0.25, 0.3) is 0 Å². The van der Waals surface area contributed by atoms with Crippen LogP contribution in [0.5, 0.6) is 11.5 Å². The molecule has 3 heteroatoms. The molecule has 0 saturated heterocycles. The van der Waals surface area contributed by atoms with E-state index in [1.54, 1.807) is 14.2 Å². The van der Waals surface area contributed by atoms with Crippen LogP contribution in [0.3, 0.4) is 0 Å². The number of methoxy groups -OCH3 is 2. The number of ether oxygens (including phenoxy) is 2. The molecular formula is C21H22O3. The van der Waals surface area contributed by atoms with Gasteiger partial charge in [0, 0.05) is 0 Å². The van der Waals surface area contributed by atoms with Crippen LogP contribution in [0, 0.1) is 13.8 Å². The normalized spacial score (nSPS) is 12.0. The van der Waals surface area contributed by atoms with Crippen molar-refractivity contribution in [2.75, 3.05) is 14.2 Å². The van der Waals surface area contributed by atoms with Crippen molar-refractivity contribution in [3.05, 3.63) is 82.8 Å². The maximum Gasteiger partial charge on any atom is 0.161 e. The van der Waals surface area contributed by atoms with Crippen LogP contribution in [0.15, 0.2) is 59.0 Å². The lowest BCUT2D eigenvalue weighted by atomic mass is 9.88. The first-order valence-electron chi connectivity index (χ1n) is 7.97. The molecule has 1 aromatic heterocycles. The molecule has 3 aromatic rings. The molecule has 0 aliphatic rings. The number of benzene rings is 2. The summed E-state index contributed by atoms with van der Waals surface area (Å²) in [4.78, 5) is 0. The minimum Gasteiger partial charge on any atom is -0.493 e. The zero-order valence-electron chi connectivity index (χ0n) is 14.5. The quantitative estimate of drug-likeness (QED) is 0.655. The van der Waals surface area contributed by atoms with Crippen molar-refractivity contribution in [2.24, 2.45) is 0 Å². The van der Waals surface area contributed by atoms with Gasteiger partial charge in [0.15, 0.2) is 11.5 Å². The minimum absolute atomic E-state index is 0.0131. The van der Waals surface area contributed by atoms with E-state index < -0.39 is 0 Å². The predicted molar refractivity (Wildman–Crippen MR) is 95.1 cm³/mol. The predicted octanol–water partition coefficient (Wildman–Crippen LogP) is 5.09. The van der Waals surface area contributed by atoms with E-state index in [-0.39, 0.29) is 5.92 Å². The minimum atomic E-state index is 0.0131. The van der Waals surface area contributed by atoms with Crippen LogP contribution in [0.2, 0.25) is 0 Å². The molecule has 3 nitrogen and oxygen atoms in total. The van der Waals surface area contributed by atoms with Gasteiger partial charge in [0.05, 0.1) is 20.1 Å². The van der Waals surface area contributed by atoms with Crippen molar-refractivity contribution in [1.82, 2.24) is 0 Å². The third-order valence-electron chi connectivity index (χ3n) is 4.20. The highest BCUT2D eigenvalue weighted by Gasteiger charge is 2.21. The molecule has 0 spiro atoms. The average molecular weight is 322 g/mol. The van der Waals surface area contributed by atoms with E-state index in [4.69, 9.17) is 13.9 Å². The number of hydrogen-bond acceptors (Lipinski definition) is 3. The molecule has 1 atom stereocenters. The highest BCUT2D eigenvalue weighted by molar-refractivity contribution is 5.49. The lowest BCUT2D eigenvalue weighted by Crippen LogP contribution is -2.03. The Hall–Kier alpha value is -2.68. The second-order valence-corrected chi connectivity index (χ2v) is 5.91. The van der Waals surface area contributed by atoms with Crippen molar-refractivity contribution in [3.8, 4) is 11.5 Å². The standard InChI is InChI=1S/C21H22O3/c1-14-5-8-16(9-6-14)21(19-11-7-15(2)24-19)17-10-12-18(22-3)20(13-17)23-4/h5-13,21H,1-4H3. The van der Waals surface area contributed by atoms with Crippen molar-refractivity contribution >= 4 is 0 Å². The molecule has 0 N–H and O–H groups in total. The van der Waals surface area contributed by atoms with Gasteiger partial charge in [-0.3, -0.25) is 0 Å². The van der Waals surface area contributed by atoms with Crippen molar-refractivity contribution in [2.45, 2.75) is 19.8 Å². The molecule has 1 heterocycles. The largest absolute Gasteiger partial charge is 0.493 e. The second-order valence-electron chi connectivity index (χ2n) is 5.91. The first-order valence-corrected chi connectivity index (χ1v) is 7.97. The van der Waals surface area contributed by atoms with Gasteiger partial charge in [0.2, 0.25) is 0 Å². The number of aryl methyl sites for hydroxylation is 2. The second kappa shape index (κ2) is 6.83. The smallest absolute Gasteiger partial charge is 0.161 e. The fourth-order valence-corrected chi connectivity index (χ4v) is 2.92. The van der Waals surface area contributed by atoms with Gasteiger partial charge in [-0.15, -0.1) is 0 Å². The lowest BCUT2D eigenvalue weighted by molar-refractivity contribution is 0.354. The first-order chi connectivity index (χ1) is 11.6. The van der Waals surface area contributed by atoms with E-state index in [1.165, 1.54) is 11.1 Å². The molecule has 0 bridgehead atoms. The molecule has 2 aromatic carbocycles. The van der Waals surface area contributed by atoms with Crippen LogP contribution >= 0.6 is 0 Å². The molecule has 1 unspecified atom stereocenters. The summed E-state index contributed by atoms with van der Waals surface area (Å²) in [6.45, 7) is 4.05. The molecule has 0 radical (unpaired) electrons. The lowest BCUT2D eigenvalue weighted by Gasteiger charge is -2.18. The van der Waals surface area contributed by atoms with Gasteiger partial charge in [0.1, 0.15) is 11.5 Å². The third kappa shape index (κ3) is 3.16. The monoisotopic (exact) mass is 322 g/mol. The summed E-state index contributed by atoms with van der Waals surface area (Å²) in [7, 11) is 3.30. The highest BCUT2D eigenvalue weighted by Crippen LogP contribution is 2.37. The fraction of sp³-hybridized carbons (Fsp3) is 0.238. The van der Waals surface area contributed by atoms with E-state index in [1.807, 2.05) is 31.2 Å². The van der Waals surface area contributed by atoms with Gasteiger partial charge < -0.3 is 13.9 Å². The molecule has 3 rings (SSSR count). The van der Waals surface area contributed by atoms with Crippen molar-refractivity contribution < 1.29 is 13.9 Å². The maximum atomic E-state index is 5.94. The zero-order valence-corrected chi connectivity index (χ0v) is 14.5. The van der Waals surface area contributed by atoms with Gasteiger partial charge in [-0.05, 0) is 49.2 Å². The molecular weight excluding hydrogens is 300 g/mol. The maximum absolute atomic E-state index is 5.94. The summed E-state index contributed by atoms with van der Waals surface area (Å²) in [5, 5.41) is 0. The Bertz CT molecular complexity index is 815. The van der Waals surface area contributed by atoms with Gasteiger partial charge in [-0.1, -0.05) is 35.9 Å². The summed E-state index contributed by atoms with van der Waals surface area (Å²) >= 11 is 0. The summed E-state index contributed by atoms with van der Waals surface area (Å²) in [6, 6.07) is 18.6. The van der Waals surface area contributed by atoms with E-state index in [0.717, 1.165) is 28.6 Å². The highest BCUT2D eigenvalue weighted by atomic mass is 16.5. The number of rotatable bonds is 5. The van der Waals surface area contributed by atoms with Crippen molar-refractivity contribution in [3.63, 3.8) is 0 Å². The van der Waals surface area contributed by atoms with Gasteiger partial charge in [-0.2, -0.15) is 0 Å². The van der Waals surface area contributed by atoms with Crippen molar-refractivity contribution in [1.29, 1.82) is 0 Å². The zero-order chi connectivity index (χ0) is 17.1. The van der Waals surface area contributed by atoms with Crippen LogP contribution in [0.1, 0.15) is 34.1 Å². The first kappa shape index (κ1) is 16.2. The number of hydrogen-bond donors (Lipinski definition) is 0. The molecule has 124 valence electrons. The Balaban J connectivity index is 2.12. The Labute approximate surface area is 142 Å². The molecule has 0 saturated carbocycles. The third-order valence-corrected chi connectivity index (χ3v) is 4.20. The summed E-state index contributed by atoms with van der Waals surface area (Å²) in [5.74, 6) is 3.28. The molecule has 24 heavy (non-hydrogen) atoms. The molecule has 0 aliphatic heterocycles. The van der Waals surface area contributed by atoms with Crippen LogP contribution < -0.4 is 9.47 Å². The Morgan fingerprint density at radius 1 is 0.750 bits per heavy atom. The summed E-state index contributed by atoms with van der Waals surface area (Å²) in [5.41, 5.74) is 3.52. The van der Waals surface area contributed by atoms with E-state index in [9.17, 15) is 0 Å². The van der Waals surface area contributed by atoms with E-state index in [0.29, 0.717) is 0 Å². The van der Waals surface area contributed by atoms with Crippen LogP contribution in [0.25, 0.3) is 0 Å². The molecule has 0 amide bonds. The van der Waals surface area contributed by atoms with Crippen LogP contribution in [0.4, 0.5) is 0 Å². The number of furan rings is 1. The molecule has 0 aliphatic carbocycles. The fourth-order valence-electron chi connectivity index (χ4n) is 2.92. The van der Waals surface area contributed by atoms with Crippen LogP contribution in [-0.4, -0.2) is 14.2 Å². The molecule has 0 fully saturated rings. The summed E-state index contributed by atoms with van der Waals surface area (Å²) < 4.78 is 16.8. The van der Waals surface area contributed by atoms with E-state index in [2.05, 4.69) is 37.3 Å².